The minimum absolute atomic E-state index is 0.582. The third-order valence-electron chi connectivity index (χ3n) is 2.74. The summed E-state index contributed by atoms with van der Waals surface area (Å²) in [4.78, 5) is 13.0. The first-order valence-corrected chi connectivity index (χ1v) is 7.29. The van der Waals surface area contributed by atoms with Gasteiger partial charge in [0.1, 0.15) is 0 Å². The topological polar surface area (TPSA) is 82.0 Å². The van der Waals surface area contributed by atoms with Gasteiger partial charge in [0.05, 0.1) is 5.75 Å². The van der Waals surface area contributed by atoms with Gasteiger partial charge in [0.15, 0.2) is 5.82 Å². The molecule has 0 aliphatic carbocycles. The average molecular weight is 290 g/mol. The Morgan fingerprint density at radius 1 is 1.25 bits per heavy atom. The summed E-state index contributed by atoms with van der Waals surface area (Å²) in [7, 11) is 0. The second-order valence-electron chi connectivity index (χ2n) is 4.39. The molecule has 0 radical (unpaired) electrons. The summed E-state index contributed by atoms with van der Waals surface area (Å²) in [6.45, 7) is 5.91. The van der Waals surface area contributed by atoms with Crippen LogP contribution in [0.4, 0.5) is 0 Å². The van der Waals surface area contributed by atoms with Gasteiger partial charge in [-0.1, -0.05) is 23.8 Å². The molecule has 0 aromatic carbocycles. The van der Waals surface area contributed by atoms with E-state index in [0.717, 1.165) is 17.8 Å². The van der Waals surface area contributed by atoms with E-state index in [1.807, 2.05) is 26.8 Å². The number of aryl methyl sites for hydroxylation is 3. The third-order valence-corrected chi connectivity index (χ3v) is 3.58. The van der Waals surface area contributed by atoms with Crippen molar-refractivity contribution >= 4 is 17.5 Å². The predicted molar refractivity (Wildman–Crippen MR) is 73.5 cm³/mol. The molecule has 7 nitrogen and oxygen atoms in total. The van der Waals surface area contributed by atoms with E-state index in [0.29, 0.717) is 28.4 Å². The summed E-state index contributed by atoms with van der Waals surface area (Å²) < 4.78 is 6.80. The van der Waals surface area contributed by atoms with Crippen LogP contribution < -0.4 is 0 Å². The van der Waals surface area contributed by atoms with Gasteiger partial charge in [-0.15, -0.1) is 5.10 Å². The van der Waals surface area contributed by atoms with Gasteiger partial charge in [0.2, 0.25) is 11.0 Å². The van der Waals surface area contributed by atoms with Crippen molar-refractivity contribution in [1.82, 2.24) is 29.7 Å². The molecule has 0 amide bonds. The third kappa shape index (κ3) is 2.51. The monoisotopic (exact) mass is 290 g/mol. The van der Waals surface area contributed by atoms with E-state index in [4.69, 9.17) is 4.52 Å². The van der Waals surface area contributed by atoms with Crippen LogP contribution in [0, 0.1) is 13.8 Å². The first-order chi connectivity index (χ1) is 9.65. The van der Waals surface area contributed by atoms with E-state index in [1.54, 1.807) is 4.52 Å². The van der Waals surface area contributed by atoms with Crippen molar-refractivity contribution in [3.05, 3.63) is 29.2 Å². The molecular formula is C12H14N6OS. The summed E-state index contributed by atoms with van der Waals surface area (Å²) in [5, 5.41) is 8.98. The zero-order valence-corrected chi connectivity index (χ0v) is 12.3. The lowest BCUT2D eigenvalue weighted by atomic mass is 10.4. The first-order valence-electron chi connectivity index (χ1n) is 6.31. The molecule has 3 aromatic rings. The molecule has 0 aliphatic rings. The van der Waals surface area contributed by atoms with E-state index in [1.165, 1.54) is 11.8 Å². The van der Waals surface area contributed by atoms with E-state index >= 15 is 0 Å². The molecular weight excluding hydrogens is 276 g/mol. The van der Waals surface area contributed by atoms with Crippen molar-refractivity contribution in [2.24, 2.45) is 0 Å². The average Bonchev–Trinajstić information content (AvgIpc) is 3.02. The van der Waals surface area contributed by atoms with Crippen molar-refractivity contribution in [3.8, 4) is 0 Å². The Bertz CT molecular complexity index is 750. The fourth-order valence-electron chi connectivity index (χ4n) is 1.83. The Labute approximate surface area is 119 Å². The Balaban J connectivity index is 1.79. The van der Waals surface area contributed by atoms with E-state index in [-0.39, 0.29) is 0 Å². The summed E-state index contributed by atoms with van der Waals surface area (Å²) in [5.74, 6) is 2.51. The molecule has 0 saturated heterocycles. The molecule has 104 valence electrons. The summed E-state index contributed by atoms with van der Waals surface area (Å²) in [5.41, 5.74) is 1.95. The van der Waals surface area contributed by atoms with Crippen LogP contribution in [0.25, 0.3) is 5.78 Å². The number of nitrogens with zero attached hydrogens (tertiary/aromatic N) is 6. The molecule has 3 heterocycles. The molecule has 3 rings (SSSR count). The highest BCUT2D eigenvalue weighted by atomic mass is 32.2. The van der Waals surface area contributed by atoms with Crippen molar-refractivity contribution in [2.75, 3.05) is 0 Å². The summed E-state index contributed by atoms with van der Waals surface area (Å²) in [6, 6.07) is 1.98. The van der Waals surface area contributed by atoms with Crippen LogP contribution in [0.1, 0.15) is 30.0 Å². The Morgan fingerprint density at radius 2 is 2.10 bits per heavy atom. The van der Waals surface area contributed by atoms with Crippen LogP contribution >= 0.6 is 11.8 Å². The molecule has 0 unspecified atom stereocenters. The molecule has 0 fully saturated rings. The van der Waals surface area contributed by atoms with Gasteiger partial charge < -0.3 is 4.52 Å². The number of hydrogen-bond acceptors (Lipinski definition) is 7. The maximum Gasteiger partial charge on any atom is 0.253 e. The molecule has 0 N–H and O–H groups in total. The van der Waals surface area contributed by atoms with Gasteiger partial charge >= 0.3 is 0 Å². The normalized spacial score (nSPS) is 11.3. The van der Waals surface area contributed by atoms with E-state index in [9.17, 15) is 0 Å². The predicted octanol–water partition coefficient (Wildman–Crippen LogP) is 1.98. The fourth-order valence-corrected chi connectivity index (χ4v) is 2.49. The standard InChI is InChI=1S/C12H14N6OS/c1-4-10-14-9(17-19-10)6-20-12-15-11-13-7(2)5-8(3)18(11)16-12/h5H,4,6H2,1-3H3. The molecule has 8 heteroatoms. The van der Waals surface area contributed by atoms with E-state index in [2.05, 4.69) is 25.2 Å². The summed E-state index contributed by atoms with van der Waals surface area (Å²) in [6.07, 6.45) is 0.743. The second kappa shape index (κ2) is 5.20. The van der Waals surface area contributed by atoms with E-state index < -0.39 is 0 Å². The Hall–Kier alpha value is -1.96. The van der Waals surface area contributed by atoms with Crippen LogP contribution in [0.3, 0.4) is 0 Å². The highest BCUT2D eigenvalue weighted by Gasteiger charge is 2.10. The molecule has 0 atom stereocenters. The Morgan fingerprint density at radius 3 is 2.85 bits per heavy atom. The van der Waals surface area contributed by atoms with Gasteiger partial charge in [-0.25, -0.2) is 9.50 Å². The lowest BCUT2D eigenvalue weighted by Gasteiger charge is -1.97. The zero-order valence-electron chi connectivity index (χ0n) is 11.5. The minimum Gasteiger partial charge on any atom is -0.339 e. The zero-order chi connectivity index (χ0) is 14.1. The van der Waals surface area contributed by atoms with Crippen molar-refractivity contribution in [3.63, 3.8) is 0 Å². The maximum absolute atomic E-state index is 5.06. The van der Waals surface area contributed by atoms with Gasteiger partial charge in [0, 0.05) is 17.8 Å². The first kappa shape index (κ1) is 13.0. The lowest BCUT2D eigenvalue weighted by Crippen LogP contribution is -1.97. The van der Waals surface area contributed by atoms with Crippen molar-refractivity contribution in [2.45, 2.75) is 38.1 Å². The molecule has 0 saturated carbocycles. The summed E-state index contributed by atoms with van der Waals surface area (Å²) >= 11 is 1.47. The molecule has 20 heavy (non-hydrogen) atoms. The molecule has 0 bridgehead atoms. The van der Waals surface area contributed by atoms with Gasteiger partial charge in [0.25, 0.3) is 5.78 Å². The second-order valence-corrected chi connectivity index (χ2v) is 5.33. The highest BCUT2D eigenvalue weighted by molar-refractivity contribution is 7.98. The van der Waals surface area contributed by atoms with Crippen molar-refractivity contribution < 1.29 is 4.52 Å². The SMILES string of the molecule is CCc1nc(CSc2nc3nc(C)cc(C)n3n2)no1. The molecule has 0 aliphatic heterocycles. The van der Waals surface area contributed by atoms with Crippen LogP contribution in [0.2, 0.25) is 0 Å². The smallest absolute Gasteiger partial charge is 0.253 e. The number of thioether (sulfide) groups is 1. The number of hydrogen-bond donors (Lipinski definition) is 0. The van der Waals surface area contributed by atoms with Crippen LogP contribution in [-0.2, 0) is 12.2 Å². The van der Waals surface area contributed by atoms with Gasteiger partial charge in [-0.3, -0.25) is 0 Å². The van der Waals surface area contributed by atoms with Gasteiger partial charge in [-0.2, -0.15) is 9.97 Å². The number of fused-ring (bicyclic) bond motifs is 1. The minimum atomic E-state index is 0.582. The van der Waals surface area contributed by atoms with Crippen LogP contribution in [-0.4, -0.2) is 29.7 Å². The lowest BCUT2D eigenvalue weighted by molar-refractivity contribution is 0.378. The Kier molecular flexibility index (Phi) is 3.39. The molecule has 0 spiro atoms. The molecule has 3 aromatic heterocycles. The van der Waals surface area contributed by atoms with Gasteiger partial charge in [-0.05, 0) is 19.9 Å². The number of aromatic nitrogens is 6. The quantitative estimate of drug-likeness (QED) is 0.679. The van der Waals surface area contributed by atoms with Crippen molar-refractivity contribution in [1.29, 1.82) is 0 Å². The highest BCUT2D eigenvalue weighted by Crippen LogP contribution is 2.19. The largest absolute Gasteiger partial charge is 0.339 e. The maximum atomic E-state index is 5.06. The van der Waals surface area contributed by atoms with Crippen LogP contribution in [0.5, 0.6) is 0 Å². The number of rotatable bonds is 4. The fraction of sp³-hybridized carbons (Fsp3) is 0.417. The van der Waals surface area contributed by atoms with Crippen LogP contribution in [0.15, 0.2) is 15.7 Å².